The monoisotopic (exact) mass is 220 g/mol. The van der Waals surface area contributed by atoms with Gasteiger partial charge < -0.3 is 15.4 Å². The van der Waals surface area contributed by atoms with Gasteiger partial charge in [0.2, 0.25) is 0 Å². The Bertz CT molecular complexity index is 352. The van der Waals surface area contributed by atoms with Crippen molar-refractivity contribution in [2.75, 3.05) is 30.9 Å². The van der Waals surface area contributed by atoms with Gasteiger partial charge in [0, 0.05) is 26.3 Å². The summed E-state index contributed by atoms with van der Waals surface area (Å²) >= 11 is 0. The molecular weight excluding hydrogens is 200 g/mol. The molecule has 2 N–H and O–H groups in total. The molecule has 0 bridgehead atoms. The molecule has 0 radical (unpaired) electrons. The third kappa shape index (κ3) is 2.47. The van der Waals surface area contributed by atoms with Crippen LogP contribution in [-0.4, -0.2) is 26.3 Å². The molecule has 2 rings (SSSR count). The van der Waals surface area contributed by atoms with Crippen molar-refractivity contribution in [2.24, 2.45) is 0 Å². The van der Waals surface area contributed by atoms with Crippen LogP contribution in [0.15, 0.2) is 18.2 Å². The summed E-state index contributed by atoms with van der Waals surface area (Å²) in [6, 6.07) is 6.89. The number of rotatable bonds is 4. The van der Waals surface area contributed by atoms with E-state index in [0.29, 0.717) is 6.04 Å². The predicted octanol–water partition coefficient (Wildman–Crippen LogP) is 2.63. The van der Waals surface area contributed by atoms with Crippen molar-refractivity contribution in [2.45, 2.75) is 25.8 Å². The quantitative estimate of drug-likeness (QED) is 0.765. The van der Waals surface area contributed by atoms with Crippen LogP contribution in [-0.2, 0) is 4.74 Å². The first-order valence-corrected chi connectivity index (χ1v) is 5.90. The summed E-state index contributed by atoms with van der Waals surface area (Å²) in [6.45, 7) is 3.99. The van der Waals surface area contributed by atoms with Crippen molar-refractivity contribution >= 4 is 11.4 Å². The van der Waals surface area contributed by atoms with Gasteiger partial charge in [-0.2, -0.15) is 0 Å². The number of ether oxygens (including phenoxy) is 1. The Balaban J connectivity index is 1.96. The van der Waals surface area contributed by atoms with Crippen LogP contribution < -0.4 is 10.6 Å². The van der Waals surface area contributed by atoms with E-state index >= 15 is 0 Å². The molecule has 16 heavy (non-hydrogen) atoms. The average molecular weight is 220 g/mol. The lowest BCUT2D eigenvalue weighted by atomic mass is 10.1. The third-order valence-electron chi connectivity index (χ3n) is 3.06. The molecule has 0 aliphatic carbocycles. The number of para-hydroxylation sites is 1. The van der Waals surface area contributed by atoms with Gasteiger partial charge in [-0.25, -0.2) is 0 Å². The third-order valence-corrected chi connectivity index (χ3v) is 3.06. The van der Waals surface area contributed by atoms with E-state index in [4.69, 9.17) is 4.74 Å². The van der Waals surface area contributed by atoms with Gasteiger partial charge >= 0.3 is 0 Å². The number of benzene rings is 1. The van der Waals surface area contributed by atoms with Crippen molar-refractivity contribution in [1.29, 1.82) is 0 Å². The molecule has 1 unspecified atom stereocenters. The second-order valence-corrected chi connectivity index (χ2v) is 4.35. The molecule has 1 aliphatic rings. The average Bonchev–Trinajstić information content (AvgIpc) is 2.30. The molecule has 3 nitrogen and oxygen atoms in total. The molecule has 0 saturated heterocycles. The number of aryl methyl sites for hydroxylation is 1. The van der Waals surface area contributed by atoms with Crippen LogP contribution in [0.2, 0.25) is 0 Å². The Kier molecular flexibility index (Phi) is 3.67. The zero-order valence-electron chi connectivity index (χ0n) is 10.0. The predicted molar refractivity (Wildman–Crippen MR) is 68.2 cm³/mol. The van der Waals surface area contributed by atoms with Crippen LogP contribution in [0.5, 0.6) is 0 Å². The Morgan fingerprint density at radius 1 is 1.44 bits per heavy atom. The Morgan fingerprint density at radius 3 is 3.12 bits per heavy atom. The van der Waals surface area contributed by atoms with Crippen molar-refractivity contribution in [3.05, 3.63) is 23.8 Å². The van der Waals surface area contributed by atoms with Gasteiger partial charge in [0.05, 0.1) is 11.4 Å². The summed E-state index contributed by atoms with van der Waals surface area (Å²) in [5, 5.41) is 7.08. The molecule has 1 aliphatic heterocycles. The van der Waals surface area contributed by atoms with E-state index in [1.54, 1.807) is 7.11 Å². The topological polar surface area (TPSA) is 33.3 Å². The fraction of sp³-hybridized carbons (Fsp3) is 0.538. The van der Waals surface area contributed by atoms with E-state index in [2.05, 4.69) is 35.8 Å². The highest BCUT2D eigenvalue weighted by Gasteiger charge is 2.17. The smallest absolute Gasteiger partial charge is 0.0606 e. The molecule has 0 saturated carbocycles. The minimum atomic E-state index is 0.518. The highest BCUT2D eigenvalue weighted by molar-refractivity contribution is 5.74. The highest BCUT2D eigenvalue weighted by Crippen LogP contribution is 2.29. The SMILES string of the molecule is COCCCC1CNc2c(C)cccc2N1. The fourth-order valence-corrected chi connectivity index (χ4v) is 2.17. The summed E-state index contributed by atoms with van der Waals surface area (Å²) in [4.78, 5) is 0. The summed E-state index contributed by atoms with van der Waals surface area (Å²) in [7, 11) is 1.76. The van der Waals surface area contributed by atoms with Gasteiger partial charge in [-0.3, -0.25) is 0 Å². The minimum absolute atomic E-state index is 0.518. The molecule has 0 spiro atoms. The molecule has 3 heteroatoms. The first kappa shape index (κ1) is 11.3. The molecule has 0 amide bonds. The van der Waals surface area contributed by atoms with Gasteiger partial charge in [0.1, 0.15) is 0 Å². The van der Waals surface area contributed by atoms with Crippen LogP contribution in [0.25, 0.3) is 0 Å². The molecule has 1 heterocycles. The lowest BCUT2D eigenvalue weighted by Crippen LogP contribution is -2.33. The largest absolute Gasteiger partial charge is 0.385 e. The van der Waals surface area contributed by atoms with E-state index in [1.165, 1.54) is 16.9 Å². The van der Waals surface area contributed by atoms with E-state index in [9.17, 15) is 0 Å². The van der Waals surface area contributed by atoms with Crippen molar-refractivity contribution in [1.82, 2.24) is 0 Å². The number of fused-ring (bicyclic) bond motifs is 1. The second-order valence-electron chi connectivity index (χ2n) is 4.35. The van der Waals surface area contributed by atoms with Crippen LogP contribution in [0, 0.1) is 6.92 Å². The number of nitrogens with one attached hydrogen (secondary N) is 2. The van der Waals surface area contributed by atoms with Gasteiger partial charge in [-0.15, -0.1) is 0 Å². The van der Waals surface area contributed by atoms with Crippen molar-refractivity contribution < 1.29 is 4.74 Å². The van der Waals surface area contributed by atoms with Crippen LogP contribution in [0.1, 0.15) is 18.4 Å². The number of hydrogen-bond acceptors (Lipinski definition) is 3. The Hall–Kier alpha value is -1.22. The maximum Gasteiger partial charge on any atom is 0.0606 e. The second kappa shape index (κ2) is 5.21. The number of anilines is 2. The van der Waals surface area contributed by atoms with Crippen molar-refractivity contribution in [3.8, 4) is 0 Å². The normalized spacial score (nSPS) is 18.5. The van der Waals surface area contributed by atoms with Crippen molar-refractivity contribution in [3.63, 3.8) is 0 Å². The first-order valence-electron chi connectivity index (χ1n) is 5.90. The van der Waals surface area contributed by atoms with E-state index in [-0.39, 0.29) is 0 Å². The first-order chi connectivity index (χ1) is 7.81. The molecule has 1 aromatic rings. The molecule has 1 atom stereocenters. The molecule has 88 valence electrons. The highest BCUT2D eigenvalue weighted by atomic mass is 16.5. The van der Waals surface area contributed by atoms with Gasteiger partial charge in [0.25, 0.3) is 0 Å². The van der Waals surface area contributed by atoms with Crippen LogP contribution in [0.3, 0.4) is 0 Å². The molecular formula is C13H20N2O. The molecule has 1 aromatic carbocycles. The number of methoxy groups -OCH3 is 1. The van der Waals surface area contributed by atoms with E-state index in [1.807, 2.05) is 0 Å². The Labute approximate surface area is 97.2 Å². The summed E-state index contributed by atoms with van der Waals surface area (Å²) in [6.07, 6.45) is 2.26. The van der Waals surface area contributed by atoms with Crippen LogP contribution >= 0.6 is 0 Å². The van der Waals surface area contributed by atoms with E-state index in [0.717, 1.165) is 26.0 Å². The maximum atomic E-state index is 5.07. The lowest BCUT2D eigenvalue weighted by molar-refractivity contribution is 0.191. The lowest BCUT2D eigenvalue weighted by Gasteiger charge is -2.29. The van der Waals surface area contributed by atoms with E-state index < -0.39 is 0 Å². The maximum absolute atomic E-state index is 5.07. The molecule has 0 fully saturated rings. The Morgan fingerprint density at radius 2 is 2.31 bits per heavy atom. The van der Waals surface area contributed by atoms with Gasteiger partial charge in [-0.05, 0) is 31.4 Å². The molecule has 0 aromatic heterocycles. The standard InChI is InChI=1S/C13H20N2O/c1-10-5-3-7-12-13(10)14-9-11(15-12)6-4-8-16-2/h3,5,7,11,14-15H,4,6,8-9H2,1-2H3. The summed E-state index contributed by atoms with van der Waals surface area (Å²) in [5.41, 5.74) is 3.79. The van der Waals surface area contributed by atoms with Crippen LogP contribution in [0.4, 0.5) is 11.4 Å². The zero-order chi connectivity index (χ0) is 11.4. The number of hydrogen-bond donors (Lipinski definition) is 2. The van der Waals surface area contributed by atoms with Gasteiger partial charge in [-0.1, -0.05) is 12.1 Å². The fourth-order valence-electron chi connectivity index (χ4n) is 2.17. The zero-order valence-corrected chi connectivity index (χ0v) is 10.0. The summed E-state index contributed by atoms with van der Waals surface area (Å²) < 4.78 is 5.07. The minimum Gasteiger partial charge on any atom is -0.385 e. The summed E-state index contributed by atoms with van der Waals surface area (Å²) in [5.74, 6) is 0. The van der Waals surface area contributed by atoms with Gasteiger partial charge in [0.15, 0.2) is 0 Å².